The summed E-state index contributed by atoms with van der Waals surface area (Å²) in [7, 11) is 1.62. The number of ether oxygens (including phenoxy) is 2. The summed E-state index contributed by atoms with van der Waals surface area (Å²) in [4.78, 5) is 4.30. The zero-order valence-corrected chi connectivity index (χ0v) is 16.0. The zero-order valence-electron chi connectivity index (χ0n) is 14.4. The maximum absolute atomic E-state index is 5.91. The van der Waals surface area contributed by atoms with Gasteiger partial charge in [0.05, 0.1) is 19.0 Å². The molecule has 3 rings (SSSR count). The van der Waals surface area contributed by atoms with Crippen molar-refractivity contribution in [1.29, 1.82) is 0 Å². The van der Waals surface area contributed by atoms with E-state index in [0.29, 0.717) is 23.1 Å². The number of rotatable bonds is 7. The lowest BCUT2D eigenvalue weighted by Crippen LogP contribution is -1.99. The number of hydrogen-bond donors (Lipinski definition) is 1. The first-order valence-corrected chi connectivity index (χ1v) is 9.16. The van der Waals surface area contributed by atoms with Gasteiger partial charge in [0.25, 0.3) is 0 Å². The largest absolute Gasteiger partial charge is 0.493 e. The summed E-state index contributed by atoms with van der Waals surface area (Å²) in [5.41, 5.74) is 5.80. The SMILES string of the molecule is COc1ccc(C=NNc2nc(C)cs2)cc1OCc1ccc(Cl)cc1. The number of nitrogens with one attached hydrogen (secondary N) is 1. The van der Waals surface area contributed by atoms with Crippen LogP contribution in [0, 0.1) is 6.92 Å². The van der Waals surface area contributed by atoms with Gasteiger partial charge in [-0.2, -0.15) is 5.10 Å². The Kier molecular flexibility index (Phi) is 6.09. The molecule has 1 heterocycles. The van der Waals surface area contributed by atoms with Gasteiger partial charge in [0, 0.05) is 10.4 Å². The Morgan fingerprint density at radius 3 is 2.69 bits per heavy atom. The van der Waals surface area contributed by atoms with Gasteiger partial charge in [-0.3, -0.25) is 5.43 Å². The molecule has 3 aromatic rings. The monoisotopic (exact) mass is 387 g/mol. The van der Waals surface area contributed by atoms with E-state index in [1.807, 2.05) is 54.8 Å². The molecule has 1 N–H and O–H groups in total. The number of aryl methyl sites for hydroxylation is 1. The van der Waals surface area contributed by atoms with E-state index >= 15 is 0 Å². The first kappa shape index (κ1) is 18.2. The van der Waals surface area contributed by atoms with Gasteiger partial charge >= 0.3 is 0 Å². The predicted molar refractivity (Wildman–Crippen MR) is 107 cm³/mol. The lowest BCUT2D eigenvalue weighted by Gasteiger charge is -2.11. The molecule has 0 bridgehead atoms. The molecule has 0 radical (unpaired) electrons. The lowest BCUT2D eigenvalue weighted by molar-refractivity contribution is 0.284. The summed E-state index contributed by atoms with van der Waals surface area (Å²) in [6.45, 7) is 2.37. The van der Waals surface area contributed by atoms with Crippen molar-refractivity contribution in [3.05, 3.63) is 69.7 Å². The quantitative estimate of drug-likeness (QED) is 0.450. The fourth-order valence-corrected chi connectivity index (χ4v) is 2.96. The van der Waals surface area contributed by atoms with E-state index in [0.717, 1.165) is 22.0 Å². The highest BCUT2D eigenvalue weighted by Crippen LogP contribution is 2.28. The van der Waals surface area contributed by atoms with Crippen LogP contribution in [0.25, 0.3) is 0 Å². The van der Waals surface area contributed by atoms with Crippen LogP contribution in [0.2, 0.25) is 5.02 Å². The third-order valence-electron chi connectivity index (χ3n) is 3.49. The van der Waals surface area contributed by atoms with Crippen LogP contribution in [0.3, 0.4) is 0 Å². The van der Waals surface area contributed by atoms with Crippen molar-refractivity contribution in [3.63, 3.8) is 0 Å². The molecule has 2 aromatic carbocycles. The van der Waals surface area contributed by atoms with Crippen molar-refractivity contribution in [3.8, 4) is 11.5 Å². The molecule has 0 atom stereocenters. The Balaban J connectivity index is 1.68. The maximum Gasteiger partial charge on any atom is 0.203 e. The molecular weight excluding hydrogens is 370 g/mol. The molecular formula is C19H18ClN3O2S. The van der Waals surface area contributed by atoms with Crippen LogP contribution < -0.4 is 14.9 Å². The highest BCUT2D eigenvalue weighted by atomic mass is 35.5. The number of nitrogens with zero attached hydrogens (tertiary/aromatic N) is 2. The average Bonchev–Trinajstić information content (AvgIpc) is 3.06. The number of halogens is 1. The Morgan fingerprint density at radius 1 is 1.19 bits per heavy atom. The second-order valence-corrected chi connectivity index (χ2v) is 6.78. The normalized spacial score (nSPS) is 10.9. The number of anilines is 1. The molecule has 0 aliphatic carbocycles. The van der Waals surface area contributed by atoms with Crippen molar-refractivity contribution in [1.82, 2.24) is 4.98 Å². The van der Waals surface area contributed by atoms with E-state index in [-0.39, 0.29) is 0 Å². The van der Waals surface area contributed by atoms with E-state index in [9.17, 15) is 0 Å². The average molecular weight is 388 g/mol. The molecule has 0 fully saturated rings. The van der Waals surface area contributed by atoms with Gasteiger partial charge in [-0.25, -0.2) is 4.98 Å². The van der Waals surface area contributed by atoms with E-state index in [2.05, 4.69) is 15.5 Å². The van der Waals surface area contributed by atoms with Gasteiger partial charge in [-0.15, -0.1) is 11.3 Å². The molecule has 0 spiro atoms. The molecule has 0 amide bonds. The fourth-order valence-electron chi connectivity index (χ4n) is 2.20. The van der Waals surface area contributed by atoms with Gasteiger partial charge in [0.1, 0.15) is 6.61 Å². The molecule has 1 aromatic heterocycles. The summed E-state index contributed by atoms with van der Waals surface area (Å²) in [5, 5.41) is 7.64. The van der Waals surface area contributed by atoms with E-state index in [1.54, 1.807) is 13.3 Å². The van der Waals surface area contributed by atoms with Crippen LogP contribution in [0.1, 0.15) is 16.8 Å². The number of benzene rings is 2. The molecule has 0 saturated heterocycles. The summed E-state index contributed by atoms with van der Waals surface area (Å²) >= 11 is 7.42. The molecule has 0 unspecified atom stereocenters. The van der Waals surface area contributed by atoms with E-state index < -0.39 is 0 Å². The number of aromatic nitrogens is 1. The minimum Gasteiger partial charge on any atom is -0.493 e. The number of thiazole rings is 1. The van der Waals surface area contributed by atoms with E-state index in [1.165, 1.54) is 11.3 Å². The van der Waals surface area contributed by atoms with Gasteiger partial charge in [-0.1, -0.05) is 23.7 Å². The molecule has 7 heteroatoms. The van der Waals surface area contributed by atoms with Crippen LogP contribution >= 0.6 is 22.9 Å². The topological polar surface area (TPSA) is 55.7 Å². The first-order chi connectivity index (χ1) is 12.6. The molecule has 0 aliphatic heterocycles. The number of hydrogen-bond acceptors (Lipinski definition) is 6. The molecule has 26 heavy (non-hydrogen) atoms. The standard InChI is InChI=1S/C19H18ClN3O2S/c1-13-12-26-19(22-13)23-21-10-15-5-8-17(24-2)18(9-15)25-11-14-3-6-16(20)7-4-14/h3-10,12H,11H2,1-2H3,(H,22,23). The highest BCUT2D eigenvalue weighted by Gasteiger charge is 2.06. The van der Waals surface area contributed by atoms with Crippen molar-refractivity contribution in [2.24, 2.45) is 5.10 Å². The van der Waals surface area contributed by atoms with Gasteiger partial charge in [0.2, 0.25) is 5.13 Å². The van der Waals surface area contributed by atoms with Crippen molar-refractivity contribution < 1.29 is 9.47 Å². The summed E-state index contributed by atoms with van der Waals surface area (Å²) < 4.78 is 11.3. The van der Waals surface area contributed by atoms with Gasteiger partial charge in [0.15, 0.2) is 11.5 Å². The predicted octanol–water partition coefficient (Wildman–Crippen LogP) is 5.14. The summed E-state index contributed by atoms with van der Waals surface area (Å²) in [5.74, 6) is 1.32. The molecule has 0 saturated carbocycles. The maximum atomic E-state index is 5.91. The van der Waals surface area contributed by atoms with Crippen LogP contribution in [-0.2, 0) is 6.61 Å². The van der Waals surface area contributed by atoms with Crippen molar-refractivity contribution in [2.45, 2.75) is 13.5 Å². The minimum absolute atomic E-state index is 0.421. The van der Waals surface area contributed by atoms with Crippen LogP contribution in [0.15, 0.2) is 52.9 Å². The van der Waals surface area contributed by atoms with Crippen molar-refractivity contribution >= 4 is 34.3 Å². The minimum atomic E-state index is 0.421. The first-order valence-electron chi connectivity index (χ1n) is 7.90. The third kappa shape index (κ3) is 4.97. The van der Waals surface area contributed by atoms with Crippen molar-refractivity contribution in [2.75, 3.05) is 12.5 Å². The Morgan fingerprint density at radius 2 is 2.00 bits per heavy atom. The third-order valence-corrected chi connectivity index (χ3v) is 4.60. The lowest BCUT2D eigenvalue weighted by atomic mass is 10.2. The molecule has 0 aliphatic rings. The van der Waals surface area contributed by atoms with Crippen LogP contribution in [0.5, 0.6) is 11.5 Å². The Labute approximate surface area is 161 Å². The number of methoxy groups -OCH3 is 1. The van der Waals surface area contributed by atoms with Gasteiger partial charge < -0.3 is 9.47 Å². The van der Waals surface area contributed by atoms with E-state index in [4.69, 9.17) is 21.1 Å². The van der Waals surface area contributed by atoms with Gasteiger partial charge in [-0.05, 0) is 48.4 Å². The molecule has 5 nitrogen and oxygen atoms in total. The Bertz CT molecular complexity index is 894. The summed E-state index contributed by atoms with van der Waals surface area (Å²) in [6.07, 6.45) is 1.71. The summed E-state index contributed by atoms with van der Waals surface area (Å²) in [6, 6.07) is 13.2. The second kappa shape index (κ2) is 8.69. The smallest absolute Gasteiger partial charge is 0.203 e. The zero-order chi connectivity index (χ0) is 18.4. The fraction of sp³-hybridized carbons (Fsp3) is 0.158. The highest BCUT2D eigenvalue weighted by molar-refractivity contribution is 7.13. The number of hydrazone groups is 1. The second-order valence-electron chi connectivity index (χ2n) is 5.49. The Hall–Kier alpha value is -2.57. The van der Waals surface area contributed by atoms with Crippen LogP contribution in [-0.4, -0.2) is 18.3 Å². The molecule has 134 valence electrons. The van der Waals surface area contributed by atoms with Crippen LogP contribution in [0.4, 0.5) is 5.13 Å².